The van der Waals surface area contributed by atoms with Gasteiger partial charge in [-0.05, 0) is 49.9 Å². The van der Waals surface area contributed by atoms with E-state index in [0.717, 1.165) is 13.0 Å². The van der Waals surface area contributed by atoms with Gasteiger partial charge in [0.1, 0.15) is 22.8 Å². The van der Waals surface area contributed by atoms with E-state index in [2.05, 4.69) is 14.9 Å². The van der Waals surface area contributed by atoms with Crippen LogP contribution < -0.4 is 9.04 Å². The predicted octanol–water partition coefficient (Wildman–Crippen LogP) is 5.35. The van der Waals surface area contributed by atoms with Gasteiger partial charge in [-0.25, -0.2) is 9.29 Å². The highest BCUT2D eigenvalue weighted by Crippen LogP contribution is 2.39. The van der Waals surface area contributed by atoms with Crippen molar-refractivity contribution in [3.63, 3.8) is 0 Å². The van der Waals surface area contributed by atoms with Gasteiger partial charge in [-0.2, -0.15) is 21.6 Å². The molecular weight excluding hydrogens is 516 g/mol. The zero-order chi connectivity index (χ0) is 24.7. The lowest BCUT2D eigenvalue weighted by atomic mass is 10.2. The quantitative estimate of drug-likeness (QED) is 0.431. The fourth-order valence-corrected chi connectivity index (χ4v) is 5.36. The molecule has 1 atom stereocenters. The van der Waals surface area contributed by atoms with Crippen molar-refractivity contribution in [1.29, 1.82) is 0 Å². The Hall–Kier alpha value is -2.47. The van der Waals surface area contributed by atoms with Gasteiger partial charge in [0.2, 0.25) is 0 Å². The number of alkyl halides is 3. The standard InChI is InChI=1S/C21H19Cl2F3N4O3S/c1-29-8-6-15(12-29)33-17-11-14(4-5-16(17)22)30(34(31,32)20-3-2-7-27-20)19-10-13(21(24,25)26)9-18(23)28-19/h2-5,7,9-11,15,27H,6,8,12H2,1H3/t15-/m1/s1. The van der Waals surface area contributed by atoms with Gasteiger partial charge in [-0.3, -0.25) is 0 Å². The molecule has 0 bridgehead atoms. The first kappa shape index (κ1) is 24.6. The molecular formula is C21H19Cl2F3N4O3S. The highest BCUT2D eigenvalue weighted by Gasteiger charge is 2.35. The molecule has 3 aromatic rings. The largest absolute Gasteiger partial charge is 0.487 e. The average Bonchev–Trinajstić information content (AvgIpc) is 3.42. The van der Waals surface area contributed by atoms with Crippen molar-refractivity contribution in [2.24, 2.45) is 0 Å². The van der Waals surface area contributed by atoms with Crippen molar-refractivity contribution >= 4 is 44.7 Å². The van der Waals surface area contributed by atoms with Crippen LogP contribution in [0.15, 0.2) is 53.7 Å². The van der Waals surface area contributed by atoms with Crippen LogP contribution in [0.5, 0.6) is 5.75 Å². The second-order valence-electron chi connectivity index (χ2n) is 7.74. The third-order valence-corrected chi connectivity index (χ3v) is 7.39. The third-order valence-electron chi connectivity index (χ3n) is 5.19. The molecule has 1 aliphatic heterocycles. The average molecular weight is 535 g/mol. The summed E-state index contributed by atoms with van der Waals surface area (Å²) >= 11 is 12.1. The minimum atomic E-state index is -4.77. The normalized spacial score (nSPS) is 17.2. The van der Waals surface area contributed by atoms with Crippen LogP contribution in [0.2, 0.25) is 10.2 Å². The summed E-state index contributed by atoms with van der Waals surface area (Å²) in [5, 5.41) is -0.542. The van der Waals surface area contributed by atoms with Gasteiger partial charge in [0.15, 0.2) is 5.03 Å². The molecule has 3 heterocycles. The Morgan fingerprint density at radius 1 is 1.21 bits per heavy atom. The van der Waals surface area contributed by atoms with E-state index >= 15 is 0 Å². The lowest BCUT2D eigenvalue weighted by Gasteiger charge is -2.25. The number of nitrogens with zero attached hydrogens (tertiary/aromatic N) is 3. The second kappa shape index (κ2) is 9.29. The van der Waals surface area contributed by atoms with Gasteiger partial charge < -0.3 is 14.6 Å². The number of hydrogen-bond donors (Lipinski definition) is 1. The number of ether oxygens (including phenoxy) is 1. The van der Waals surface area contributed by atoms with Crippen molar-refractivity contribution in [1.82, 2.24) is 14.9 Å². The number of aromatic amines is 1. The number of likely N-dealkylation sites (tertiary alicyclic amines) is 1. The van der Waals surface area contributed by atoms with Crippen LogP contribution in [0.25, 0.3) is 0 Å². The number of nitrogens with one attached hydrogen (secondary N) is 1. The Bertz CT molecular complexity index is 1290. The number of pyridine rings is 1. The summed E-state index contributed by atoms with van der Waals surface area (Å²) < 4.78 is 74.0. The van der Waals surface area contributed by atoms with Crippen LogP contribution in [-0.4, -0.2) is 49.5 Å². The SMILES string of the molecule is CN1CC[C@@H](Oc2cc(N(c3cc(C(F)(F)F)cc(Cl)n3)S(=O)(=O)c3ccc[nH]3)ccc2Cl)C1. The molecule has 1 aliphatic rings. The highest BCUT2D eigenvalue weighted by atomic mass is 35.5. The maximum Gasteiger partial charge on any atom is 0.416 e. The van der Waals surface area contributed by atoms with Crippen LogP contribution in [0, 0.1) is 0 Å². The number of aromatic nitrogens is 2. The monoisotopic (exact) mass is 534 g/mol. The molecule has 0 saturated carbocycles. The van der Waals surface area contributed by atoms with Crippen LogP contribution in [0.3, 0.4) is 0 Å². The first-order chi connectivity index (χ1) is 15.9. The lowest BCUT2D eigenvalue weighted by molar-refractivity contribution is -0.137. The summed E-state index contributed by atoms with van der Waals surface area (Å²) in [4.78, 5) is 8.52. The minimum absolute atomic E-state index is 0.0248. The molecule has 7 nitrogen and oxygen atoms in total. The number of anilines is 2. The zero-order valence-corrected chi connectivity index (χ0v) is 20.0. The highest BCUT2D eigenvalue weighted by molar-refractivity contribution is 7.93. The number of likely N-dealkylation sites (N-methyl/N-ethyl adjacent to an activating group) is 1. The Morgan fingerprint density at radius 2 is 1.97 bits per heavy atom. The smallest absolute Gasteiger partial charge is 0.416 e. The van der Waals surface area contributed by atoms with E-state index in [1.54, 1.807) is 0 Å². The molecule has 1 N–H and O–H groups in total. The van der Waals surface area contributed by atoms with Gasteiger partial charge in [-0.1, -0.05) is 23.2 Å². The van der Waals surface area contributed by atoms with Crippen molar-refractivity contribution in [2.75, 3.05) is 24.4 Å². The van der Waals surface area contributed by atoms with E-state index < -0.39 is 32.7 Å². The maximum atomic E-state index is 13.5. The Morgan fingerprint density at radius 3 is 2.59 bits per heavy atom. The van der Waals surface area contributed by atoms with E-state index in [1.165, 1.54) is 36.5 Å². The summed E-state index contributed by atoms with van der Waals surface area (Å²) in [5.41, 5.74) is -1.17. The summed E-state index contributed by atoms with van der Waals surface area (Å²) in [7, 11) is -2.49. The molecule has 182 valence electrons. The summed E-state index contributed by atoms with van der Waals surface area (Å²) in [6.07, 6.45) is -2.82. The number of benzene rings is 1. The van der Waals surface area contributed by atoms with Crippen LogP contribution in [0.4, 0.5) is 24.7 Å². The van der Waals surface area contributed by atoms with Crippen molar-refractivity contribution in [3.05, 3.63) is 64.4 Å². The fraction of sp³-hybridized carbons (Fsp3) is 0.286. The van der Waals surface area contributed by atoms with E-state index in [1.807, 2.05) is 7.05 Å². The molecule has 1 fully saturated rings. The number of rotatable bonds is 6. The maximum absolute atomic E-state index is 13.5. The van der Waals surface area contributed by atoms with Crippen LogP contribution in [-0.2, 0) is 16.2 Å². The van der Waals surface area contributed by atoms with E-state index in [4.69, 9.17) is 27.9 Å². The predicted molar refractivity (Wildman–Crippen MR) is 122 cm³/mol. The number of H-pyrrole nitrogens is 1. The van der Waals surface area contributed by atoms with Crippen LogP contribution in [0.1, 0.15) is 12.0 Å². The molecule has 34 heavy (non-hydrogen) atoms. The molecule has 4 rings (SSSR count). The van der Waals surface area contributed by atoms with Gasteiger partial charge in [0.05, 0.1) is 16.3 Å². The fourth-order valence-electron chi connectivity index (χ4n) is 3.60. The molecule has 13 heteroatoms. The Balaban J connectivity index is 1.85. The van der Waals surface area contributed by atoms with Gasteiger partial charge >= 0.3 is 6.18 Å². The molecule has 0 unspecified atom stereocenters. The lowest BCUT2D eigenvalue weighted by Crippen LogP contribution is -2.28. The van der Waals surface area contributed by atoms with Gasteiger partial charge in [-0.15, -0.1) is 0 Å². The van der Waals surface area contributed by atoms with E-state index in [0.29, 0.717) is 23.0 Å². The number of halogens is 5. The molecule has 0 amide bonds. The van der Waals surface area contributed by atoms with E-state index in [-0.39, 0.29) is 27.6 Å². The first-order valence-electron chi connectivity index (χ1n) is 10.0. The second-order valence-corrected chi connectivity index (χ2v) is 10.3. The van der Waals surface area contributed by atoms with Crippen molar-refractivity contribution in [2.45, 2.75) is 23.7 Å². The first-order valence-corrected chi connectivity index (χ1v) is 12.2. The summed E-state index contributed by atoms with van der Waals surface area (Å²) in [6.45, 7) is 1.47. The number of hydrogen-bond acceptors (Lipinski definition) is 5. The molecule has 0 radical (unpaired) electrons. The number of sulfonamides is 1. The van der Waals surface area contributed by atoms with Gasteiger partial charge in [0.25, 0.3) is 10.0 Å². The topological polar surface area (TPSA) is 78.5 Å². The molecule has 0 aliphatic carbocycles. The molecule has 2 aromatic heterocycles. The van der Waals surface area contributed by atoms with Crippen molar-refractivity contribution in [3.8, 4) is 5.75 Å². The van der Waals surface area contributed by atoms with E-state index in [9.17, 15) is 21.6 Å². The van der Waals surface area contributed by atoms with Gasteiger partial charge in [0, 0.05) is 25.4 Å². The molecule has 0 spiro atoms. The Labute approximate surface area is 204 Å². The Kier molecular flexibility index (Phi) is 6.74. The summed E-state index contributed by atoms with van der Waals surface area (Å²) in [6, 6.07) is 8.09. The molecule has 1 aromatic carbocycles. The molecule has 1 saturated heterocycles. The minimum Gasteiger partial charge on any atom is -0.487 e. The third kappa shape index (κ3) is 5.12. The summed E-state index contributed by atoms with van der Waals surface area (Å²) in [5.74, 6) is -0.340. The van der Waals surface area contributed by atoms with Crippen molar-refractivity contribution < 1.29 is 26.3 Å². The van der Waals surface area contributed by atoms with Crippen LogP contribution >= 0.6 is 23.2 Å². The zero-order valence-electron chi connectivity index (χ0n) is 17.7.